The van der Waals surface area contributed by atoms with Crippen molar-refractivity contribution < 1.29 is 28.7 Å². The van der Waals surface area contributed by atoms with Gasteiger partial charge in [0.2, 0.25) is 5.90 Å². The second-order valence-corrected chi connectivity index (χ2v) is 8.60. The van der Waals surface area contributed by atoms with Crippen LogP contribution in [0, 0.1) is 24.2 Å². The van der Waals surface area contributed by atoms with E-state index in [1.807, 2.05) is 0 Å². The van der Waals surface area contributed by atoms with Crippen molar-refractivity contribution in [2.45, 2.75) is 6.92 Å². The molecule has 0 amide bonds. The van der Waals surface area contributed by atoms with E-state index in [2.05, 4.69) is 54.9 Å². The number of aryl methyl sites for hydroxylation is 1. The van der Waals surface area contributed by atoms with Crippen LogP contribution in [0.4, 0.5) is 5.69 Å². The predicted octanol–water partition coefficient (Wildman–Crippen LogP) is 4.01. The van der Waals surface area contributed by atoms with E-state index in [4.69, 9.17) is 9.47 Å². The normalized spacial score (nSPS) is 14.3. The molecule has 0 spiro atoms. The number of methoxy groups -OCH3 is 1. The van der Waals surface area contributed by atoms with Gasteiger partial charge in [-0.3, -0.25) is 10.1 Å². The molecule has 31 heavy (non-hydrogen) atoms. The van der Waals surface area contributed by atoms with Crippen molar-refractivity contribution >= 4 is 74.8 Å². The highest BCUT2D eigenvalue weighted by Gasteiger charge is 2.25. The Hall–Kier alpha value is -2.55. The van der Waals surface area contributed by atoms with Gasteiger partial charge in [-0.1, -0.05) is 0 Å². The first-order valence-corrected chi connectivity index (χ1v) is 10.8. The Balaban J connectivity index is 1.87. The molecule has 11 heteroatoms. The maximum Gasteiger partial charge on any atom is 0.363 e. The first kappa shape index (κ1) is 23.1. The molecule has 0 N–H and O–H groups in total. The fourth-order valence-corrected chi connectivity index (χ4v) is 4.80. The summed E-state index contributed by atoms with van der Waals surface area (Å²) in [7, 11) is 1.28. The van der Waals surface area contributed by atoms with Gasteiger partial charge in [0, 0.05) is 17.2 Å². The number of ether oxygens (including phenoxy) is 3. The third-order valence-electron chi connectivity index (χ3n) is 4.15. The van der Waals surface area contributed by atoms with E-state index in [-0.39, 0.29) is 23.9 Å². The van der Waals surface area contributed by atoms with Crippen molar-refractivity contribution in [2.75, 3.05) is 13.7 Å². The monoisotopic (exact) mass is 648 g/mol. The van der Waals surface area contributed by atoms with Crippen LogP contribution in [-0.2, 0) is 19.1 Å². The van der Waals surface area contributed by atoms with Gasteiger partial charge >= 0.3 is 11.9 Å². The highest BCUT2D eigenvalue weighted by molar-refractivity contribution is 14.1. The van der Waals surface area contributed by atoms with Crippen molar-refractivity contribution in [2.24, 2.45) is 4.99 Å². The summed E-state index contributed by atoms with van der Waals surface area (Å²) in [5.41, 5.74) is 1.67. The first-order valence-electron chi connectivity index (χ1n) is 8.66. The molecule has 1 heterocycles. The molecule has 9 nitrogen and oxygen atoms in total. The average Bonchev–Trinajstić information content (AvgIpc) is 3.07. The van der Waals surface area contributed by atoms with Crippen molar-refractivity contribution in [1.82, 2.24) is 0 Å². The molecule has 0 bridgehead atoms. The minimum atomic E-state index is -0.623. The van der Waals surface area contributed by atoms with Gasteiger partial charge in [0.15, 0.2) is 12.3 Å². The minimum Gasteiger partial charge on any atom is -0.480 e. The summed E-state index contributed by atoms with van der Waals surface area (Å²) in [5, 5.41) is 11.0. The summed E-state index contributed by atoms with van der Waals surface area (Å²) >= 11 is 4.14. The number of nitro benzene ring substituents is 1. The molecular formula is C20H14I2N2O7. The van der Waals surface area contributed by atoms with Crippen LogP contribution in [0.15, 0.2) is 41.0 Å². The van der Waals surface area contributed by atoms with E-state index in [0.717, 1.165) is 7.14 Å². The standard InChI is InChI=1S/C20H14I2N2O7/c1-10-5-12(3-4-16(10)24(27)28)19-23-15(20(26)31-19)8-11-6-13(21)18(14(22)7-11)30-9-17(25)29-2/h3-8H,9H2,1-2H3/b15-8-. The smallest absolute Gasteiger partial charge is 0.363 e. The van der Waals surface area contributed by atoms with E-state index in [1.165, 1.54) is 19.2 Å². The van der Waals surface area contributed by atoms with Crippen LogP contribution in [-0.4, -0.2) is 36.5 Å². The molecule has 0 saturated carbocycles. The summed E-state index contributed by atoms with van der Waals surface area (Å²) in [4.78, 5) is 38.3. The number of benzene rings is 2. The van der Waals surface area contributed by atoms with Crippen molar-refractivity contribution in [3.63, 3.8) is 0 Å². The summed E-state index contributed by atoms with van der Waals surface area (Å²) < 4.78 is 16.8. The van der Waals surface area contributed by atoms with Gasteiger partial charge < -0.3 is 14.2 Å². The summed E-state index contributed by atoms with van der Waals surface area (Å²) in [6.45, 7) is 1.39. The largest absolute Gasteiger partial charge is 0.480 e. The minimum absolute atomic E-state index is 0.0249. The average molecular weight is 648 g/mol. The number of hydrogen-bond acceptors (Lipinski definition) is 8. The lowest BCUT2D eigenvalue weighted by Crippen LogP contribution is -2.13. The van der Waals surface area contributed by atoms with Gasteiger partial charge in [-0.2, -0.15) is 0 Å². The number of rotatable bonds is 6. The third-order valence-corrected chi connectivity index (χ3v) is 5.75. The molecule has 1 aliphatic heterocycles. The predicted molar refractivity (Wildman–Crippen MR) is 128 cm³/mol. The zero-order chi connectivity index (χ0) is 22.7. The number of carbonyl (C=O) groups is 2. The van der Waals surface area contributed by atoms with E-state index < -0.39 is 16.9 Å². The van der Waals surface area contributed by atoms with Crippen molar-refractivity contribution in [3.8, 4) is 5.75 Å². The number of aliphatic imine (C=N–C) groups is 1. The number of halogens is 2. The third kappa shape index (κ3) is 5.39. The lowest BCUT2D eigenvalue weighted by atomic mass is 10.1. The number of esters is 2. The number of carbonyl (C=O) groups excluding carboxylic acids is 2. The van der Waals surface area contributed by atoms with Crippen molar-refractivity contribution in [1.29, 1.82) is 0 Å². The molecule has 2 aromatic rings. The molecule has 1 aliphatic rings. The lowest BCUT2D eigenvalue weighted by Gasteiger charge is -2.10. The second-order valence-electron chi connectivity index (χ2n) is 6.27. The van der Waals surface area contributed by atoms with Crippen LogP contribution in [0.2, 0.25) is 0 Å². The zero-order valence-electron chi connectivity index (χ0n) is 16.2. The van der Waals surface area contributed by atoms with E-state index in [1.54, 1.807) is 31.2 Å². The van der Waals surface area contributed by atoms with Crippen LogP contribution in [0.1, 0.15) is 16.7 Å². The summed E-state index contributed by atoms with van der Waals surface area (Å²) in [5.74, 6) is -0.498. The maximum absolute atomic E-state index is 12.3. The molecule has 2 aromatic carbocycles. The zero-order valence-corrected chi connectivity index (χ0v) is 20.5. The number of cyclic esters (lactones) is 1. The molecule has 160 valence electrons. The molecule has 0 radical (unpaired) electrons. The molecule has 0 atom stereocenters. The van der Waals surface area contributed by atoms with Gasteiger partial charge in [-0.05, 0) is 88.0 Å². The quantitative estimate of drug-likeness (QED) is 0.153. The summed E-state index contributed by atoms with van der Waals surface area (Å²) in [6.07, 6.45) is 1.57. The SMILES string of the molecule is COC(=O)COc1c(I)cc(/C=C2\N=C(c3ccc([N+](=O)[O-])c(C)c3)OC2=O)cc1I. The Morgan fingerprint density at radius 1 is 1.26 bits per heavy atom. The van der Waals surface area contributed by atoms with Crippen LogP contribution in [0.5, 0.6) is 5.75 Å². The number of hydrogen-bond donors (Lipinski definition) is 0. The molecule has 0 aromatic heterocycles. The maximum atomic E-state index is 12.3. The van der Waals surface area contributed by atoms with E-state index in [0.29, 0.717) is 22.4 Å². The van der Waals surface area contributed by atoms with Crippen LogP contribution in [0.25, 0.3) is 6.08 Å². The van der Waals surface area contributed by atoms with E-state index in [9.17, 15) is 19.7 Å². The van der Waals surface area contributed by atoms with Gasteiger partial charge in [-0.15, -0.1) is 0 Å². The second kappa shape index (κ2) is 9.72. The van der Waals surface area contributed by atoms with E-state index >= 15 is 0 Å². The molecule has 0 aliphatic carbocycles. The van der Waals surface area contributed by atoms with Gasteiger partial charge in [0.25, 0.3) is 5.69 Å². The first-order chi connectivity index (χ1) is 14.7. The molecule has 0 saturated heterocycles. The summed E-state index contributed by atoms with van der Waals surface area (Å²) in [6, 6.07) is 7.94. The highest BCUT2D eigenvalue weighted by Crippen LogP contribution is 2.31. The fourth-order valence-electron chi connectivity index (χ4n) is 2.67. The Kier molecular flexibility index (Phi) is 7.25. The number of nitro groups is 1. The molecule has 0 fully saturated rings. The van der Waals surface area contributed by atoms with Gasteiger partial charge in [0.1, 0.15) is 5.75 Å². The molecule has 3 rings (SSSR count). The van der Waals surface area contributed by atoms with Gasteiger partial charge in [-0.25, -0.2) is 14.6 Å². The van der Waals surface area contributed by atoms with Gasteiger partial charge in [0.05, 0.1) is 19.2 Å². The Morgan fingerprint density at radius 2 is 1.94 bits per heavy atom. The molecular weight excluding hydrogens is 634 g/mol. The Labute approximate surface area is 203 Å². The fraction of sp³-hybridized carbons (Fsp3) is 0.150. The number of nitrogens with zero attached hydrogens (tertiary/aromatic N) is 2. The Bertz CT molecular complexity index is 1140. The van der Waals surface area contributed by atoms with Crippen molar-refractivity contribution in [3.05, 3.63) is 70.0 Å². The Morgan fingerprint density at radius 3 is 2.52 bits per heavy atom. The van der Waals surface area contributed by atoms with Crippen LogP contribution < -0.4 is 4.74 Å². The van der Waals surface area contributed by atoms with Crippen LogP contribution >= 0.6 is 45.2 Å². The highest BCUT2D eigenvalue weighted by atomic mass is 127. The van der Waals surface area contributed by atoms with Crippen LogP contribution in [0.3, 0.4) is 0 Å². The topological polar surface area (TPSA) is 117 Å². The molecule has 0 unspecified atom stereocenters. The lowest BCUT2D eigenvalue weighted by molar-refractivity contribution is -0.385.